The van der Waals surface area contributed by atoms with Crippen LogP contribution in [-0.4, -0.2) is 68.7 Å². The first-order valence-electron chi connectivity index (χ1n) is 12.9. The number of rotatable bonds is 14. The Kier molecular flexibility index (Phi) is 11.1. The molecule has 14 nitrogen and oxygen atoms in total. The fourth-order valence-corrected chi connectivity index (χ4v) is 3.89. The van der Waals surface area contributed by atoms with Crippen molar-refractivity contribution in [3.8, 4) is 23.0 Å². The number of carboxylic acids is 1. The maximum atomic E-state index is 12.6. The minimum atomic E-state index is -1.12. The van der Waals surface area contributed by atoms with Gasteiger partial charge in [0.25, 0.3) is 5.91 Å². The zero-order valence-corrected chi connectivity index (χ0v) is 23.5. The second kappa shape index (κ2) is 14.9. The van der Waals surface area contributed by atoms with Gasteiger partial charge >= 0.3 is 18.0 Å². The molecule has 2 aromatic carbocycles. The number of aliphatic carboxylic acids is 1. The number of urea groups is 1. The molecule has 2 aromatic rings. The summed E-state index contributed by atoms with van der Waals surface area (Å²) in [6.45, 7) is 4.66. The van der Waals surface area contributed by atoms with Crippen molar-refractivity contribution in [3.05, 3.63) is 58.8 Å². The zero-order valence-electron chi connectivity index (χ0n) is 23.5. The number of methoxy groups -OCH3 is 1. The van der Waals surface area contributed by atoms with E-state index in [2.05, 4.69) is 21.2 Å². The molecule has 0 fully saturated rings. The number of hydrogen-bond donors (Lipinski definition) is 4. The molecule has 1 atom stereocenters. The van der Waals surface area contributed by atoms with Crippen LogP contribution in [0.2, 0.25) is 0 Å². The molecule has 0 saturated heterocycles. The van der Waals surface area contributed by atoms with Crippen LogP contribution in [0.1, 0.15) is 37.9 Å². The summed E-state index contributed by atoms with van der Waals surface area (Å²) in [4.78, 5) is 47.8. The number of allylic oxidation sites excluding steroid dienone is 1. The van der Waals surface area contributed by atoms with E-state index >= 15 is 0 Å². The average Bonchev–Trinajstić information content (AvgIpc) is 2.95. The lowest BCUT2D eigenvalue weighted by atomic mass is 9.95. The Morgan fingerprint density at radius 2 is 1.69 bits per heavy atom. The van der Waals surface area contributed by atoms with Crippen molar-refractivity contribution in [3.63, 3.8) is 0 Å². The molecule has 0 saturated carbocycles. The second-order valence-corrected chi connectivity index (χ2v) is 8.60. The Labute approximate surface area is 241 Å². The van der Waals surface area contributed by atoms with Crippen LogP contribution in [-0.2, 0) is 19.1 Å². The fourth-order valence-electron chi connectivity index (χ4n) is 3.89. The van der Waals surface area contributed by atoms with Gasteiger partial charge in [0.2, 0.25) is 0 Å². The van der Waals surface area contributed by atoms with Crippen molar-refractivity contribution in [1.82, 2.24) is 16.1 Å². The molecule has 3 rings (SSSR count). The molecular formula is C28H32N4O10. The number of hydrazone groups is 1. The van der Waals surface area contributed by atoms with Crippen LogP contribution in [0, 0.1) is 0 Å². The highest BCUT2D eigenvalue weighted by Crippen LogP contribution is 2.34. The molecule has 0 bridgehead atoms. The van der Waals surface area contributed by atoms with Crippen LogP contribution >= 0.6 is 0 Å². The minimum absolute atomic E-state index is 0.169. The molecule has 1 heterocycles. The number of carbonyl (C=O) groups excluding carboxylic acids is 3. The number of ether oxygens (including phenoxy) is 5. The van der Waals surface area contributed by atoms with Crippen molar-refractivity contribution in [2.24, 2.45) is 5.10 Å². The number of nitrogens with one attached hydrogen (secondary N) is 3. The number of benzene rings is 2. The Morgan fingerprint density at radius 3 is 2.38 bits per heavy atom. The van der Waals surface area contributed by atoms with Gasteiger partial charge in [-0.2, -0.15) is 5.10 Å². The van der Waals surface area contributed by atoms with Crippen LogP contribution in [0.3, 0.4) is 0 Å². The number of carboxylic acid groups (broad SMARTS) is 1. The summed E-state index contributed by atoms with van der Waals surface area (Å²) in [7, 11) is 1.42. The fraction of sp³-hybridized carbons (Fsp3) is 0.321. The topological polar surface area (TPSA) is 183 Å². The average molecular weight is 585 g/mol. The lowest BCUT2D eigenvalue weighted by Gasteiger charge is -2.28. The van der Waals surface area contributed by atoms with E-state index in [1.165, 1.54) is 19.4 Å². The SMILES string of the molecule is CCOC(=O)C1=C(C)NC(=O)N[C@@H]1c1ccc(OCC(=O)N/N=C\c2ccc(OCC(=O)O)c(OCC)c2)c(OC)c1. The van der Waals surface area contributed by atoms with E-state index in [4.69, 9.17) is 28.8 Å². The van der Waals surface area contributed by atoms with E-state index in [9.17, 15) is 19.2 Å². The van der Waals surface area contributed by atoms with Crippen LogP contribution in [0.15, 0.2) is 52.8 Å². The zero-order chi connectivity index (χ0) is 30.6. The van der Waals surface area contributed by atoms with Crippen molar-refractivity contribution >= 4 is 30.1 Å². The van der Waals surface area contributed by atoms with Gasteiger partial charge in [0.15, 0.2) is 36.2 Å². The maximum Gasteiger partial charge on any atom is 0.341 e. The Morgan fingerprint density at radius 1 is 0.976 bits per heavy atom. The summed E-state index contributed by atoms with van der Waals surface area (Å²) < 4.78 is 26.9. The van der Waals surface area contributed by atoms with E-state index in [-0.39, 0.29) is 29.4 Å². The summed E-state index contributed by atoms with van der Waals surface area (Å²) in [6, 6.07) is 8.27. The molecule has 0 unspecified atom stereocenters. The first-order valence-corrected chi connectivity index (χ1v) is 12.9. The summed E-state index contributed by atoms with van der Waals surface area (Å²) in [6.07, 6.45) is 1.38. The van der Waals surface area contributed by atoms with Gasteiger partial charge in [-0.05, 0) is 62.2 Å². The first kappa shape index (κ1) is 31.3. The molecule has 4 N–H and O–H groups in total. The third-order valence-corrected chi connectivity index (χ3v) is 5.67. The molecule has 0 spiro atoms. The van der Waals surface area contributed by atoms with Crippen molar-refractivity contribution in [2.75, 3.05) is 33.5 Å². The van der Waals surface area contributed by atoms with Gasteiger partial charge < -0.3 is 39.4 Å². The van der Waals surface area contributed by atoms with Gasteiger partial charge in [0, 0.05) is 5.70 Å². The summed E-state index contributed by atoms with van der Waals surface area (Å²) >= 11 is 0. The normalized spacial score (nSPS) is 14.5. The first-order chi connectivity index (χ1) is 20.2. The predicted molar refractivity (Wildman–Crippen MR) is 149 cm³/mol. The number of nitrogens with zero attached hydrogens (tertiary/aromatic N) is 1. The maximum absolute atomic E-state index is 12.6. The third-order valence-electron chi connectivity index (χ3n) is 5.67. The van der Waals surface area contributed by atoms with Crippen molar-refractivity contribution in [2.45, 2.75) is 26.8 Å². The van der Waals surface area contributed by atoms with E-state index in [0.717, 1.165) is 0 Å². The Bertz CT molecular complexity index is 1390. The molecular weight excluding hydrogens is 552 g/mol. The number of carbonyl (C=O) groups is 4. The van der Waals surface area contributed by atoms with E-state index in [1.807, 2.05) is 0 Å². The van der Waals surface area contributed by atoms with E-state index < -0.39 is 43.1 Å². The van der Waals surface area contributed by atoms with Gasteiger partial charge in [-0.3, -0.25) is 4.79 Å². The van der Waals surface area contributed by atoms with E-state index in [1.54, 1.807) is 51.1 Å². The standard InChI is InChI=1S/C28H32N4O10/c1-5-39-22-11-17(7-9-20(22)42-15-24(34)35)13-29-32-23(33)14-41-19-10-8-18(12-21(19)38-4)26-25(27(36)40-6-2)16(3)30-28(37)31-26/h7-13,26H,5-6,14-15H2,1-4H3,(H,32,33)(H,34,35)(H2,30,31,37)/b29-13-/t26-/m1/s1. The smallest absolute Gasteiger partial charge is 0.341 e. The van der Waals surface area contributed by atoms with Crippen LogP contribution in [0.25, 0.3) is 0 Å². The highest BCUT2D eigenvalue weighted by Gasteiger charge is 2.32. The molecule has 42 heavy (non-hydrogen) atoms. The second-order valence-electron chi connectivity index (χ2n) is 8.60. The van der Waals surface area contributed by atoms with Gasteiger partial charge in [-0.25, -0.2) is 19.8 Å². The Balaban J connectivity index is 1.65. The van der Waals surface area contributed by atoms with Gasteiger partial charge in [-0.1, -0.05) is 6.07 Å². The number of esters is 1. The quantitative estimate of drug-likeness (QED) is 0.146. The monoisotopic (exact) mass is 584 g/mol. The van der Waals surface area contributed by atoms with Gasteiger partial charge in [0.05, 0.1) is 38.2 Å². The highest BCUT2D eigenvalue weighted by molar-refractivity contribution is 5.95. The predicted octanol–water partition coefficient (Wildman–Crippen LogP) is 2.28. The lowest BCUT2D eigenvalue weighted by molar-refractivity contribution is -0.140. The largest absolute Gasteiger partial charge is 0.493 e. The van der Waals surface area contributed by atoms with Crippen LogP contribution < -0.4 is 35.0 Å². The van der Waals surface area contributed by atoms with Crippen LogP contribution in [0.5, 0.6) is 23.0 Å². The highest BCUT2D eigenvalue weighted by atomic mass is 16.5. The summed E-state index contributed by atoms with van der Waals surface area (Å²) in [5.74, 6) is -1.13. The molecule has 0 aliphatic carbocycles. The third kappa shape index (κ3) is 8.36. The minimum Gasteiger partial charge on any atom is -0.493 e. The summed E-state index contributed by atoms with van der Waals surface area (Å²) in [5.41, 5.74) is 4.08. The molecule has 0 aromatic heterocycles. The Hall–Kier alpha value is -5.27. The number of hydrogen-bond acceptors (Lipinski definition) is 10. The van der Waals surface area contributed by atoms with Gasteiger partial charge in [-0.15, -0.1) is 0 Å². The van der Waals surface area contributed by atoms with E-state index in [0.29, 0.717) is 29.2 Å². The molecule has 1 aliphatic heterocycles. The molecule has 3 amide bonds. The van der Waals surface area contributed by atoms with Gasteiger partial charge in [0.1, 0.15) is 0 Å². The van der Waals surface area contributed by atoms with Crippen molar-refractivity contribution in [1.29, 1.82) is 0 Å². The number of amides is 3. The molecule has 224 valence electrons. The lowest BCUT2D eigenvalue weighted by Crippen LogP contribution is -2.45. The molecule has 14 heteroatoms. The summed E-state index contributed by atoms with van der Waals surface area (Å²) in [5, 5.41) is 18.0. The van der Waals surface area contributed by atoms with Crippen LogP contribution in [0.4, 0.5) is 4.79 Å². The molecule has 1 aliphatic rings. The molecule has 0 radical (unpaired) electrons. The van der Waals surface area contributed by atoms with Crippen molar-refractivity contribution < 1.29 is 48.0 Å².